The van der Waals surface area contributed by atoms with Crippen molar-refractivity contribution in [3.8, 4) is 5.75 Å². The first kappa shape index (κ1) is 19.7. The number of esters is 1. The molecule has 2 atom stereocenters. The zero-order valence-electron chi connectivity index (χ0n) is 16.1. The number of nitro benzene ring substituents is 1. The van der Waals surface area contributed by atoms with Crippen molar-refractivity contribution in [1.82, 2.24) is 0 Å². The molecule has 3 rings (SSSR count). The SMILES string of the molecule is COC(=O)C1C(C)=NC2=C(C(=O)CC(C)(C)C2)[C@@H]1c1ccc([O-])c([N+](=O)[O-])c1. The van der Waals surface area contributed by atoms with Crippen molar-refractivity contribution in [2.45, 2.75) is 39.5 Å². The van der Waals surface area contributed by atoms with Crippen LogP contribution in [0.15, 0.2) is 34.5 Å². The lowest BCUT2D eigenvalue weighted by Crippen LogP contribution is -2.39. The standard InChI is InChI=1S/C20H22N2O6/c1-10-16(19(25)28-4)17(11-5-6-14(23)13(7-11)22(26)27)18-12(21-10)8-20(2,3)9-15(18)24/h5-7,16-17,23H,8-9H2,1-4H3/p-1/t16?,17-/m1/s1. The summed E-state index contributed by atoms with van der Waals surface area (Å²) >= 11 is 0. The van der Waals surface area contributed by atoms with Crippen molar-refractivity contribution < 1.29 is 24.4 Å². The average Bonchev–Trinajstić information content (AvgIpc) is 2.59. The molecule has 0 fully saturated rings. The quantitative estimate of drug-likeness (QED) is 0.448. The molecule has 28 heavy (non-hydrogen) atoms. The van der Waals surface area contributed by atoms with E-state index in [4.69, 9.17) is 4.74 Å². The number of nitro groups is 1. The summed E-state index contributed by atoms with van der Waals surface area (Å²) in [6, 6.07) is 3.69. The highest BCUT2D eigenvalue weighted by Crippen LogP contribution is 2.48. The number of nitrogens with zero attached hydrogens (tertiary/aromatic N) is 2. The molecular formula is C20H21N2O6-. The van der Waals surface area contributed by atoms with Gasteiger partial charge in [0.15, 0.2) is 5.78 Å². The molecule has 0 amide bonds. The summed E-state index contributed by atoms with van der Waals surface area (Å²) in [4.78, 5) is 40.5. The summed E-state index contributed by atoms with van der Waals surface area (Å²) in [6.07, 6.45) is 0.837. The number of Topliss-reactive ketones (excluding diaryl/α,β-unsaturated/α-hetero) is 1. The monoisotopic (exact) mass is 385 g/mol. The van der Waals surface area contributed by atoms with Crippen LogP contribution in [0.4, 0.5) is 5.69 Å². The Labute approximate surface area is 162 Å². The minimum absolute atomic E-state index is 0.143. The van der Waals surface area contributed by atoms with Crippen molar-refractivity contribution in [1.29, 1.82) is 0 Å². The normalized spacial score (nSPS) is 23.7. The van der Waals surface area contributed by atoms with E-state index in [2.05, 4.69) is 4.99 Å². The molecule has 0 bridgehead atoms. The van der Waals surface area contributed by atoms with Crippen LogP contribution in [-0.2, 0) is 14.3 Å². The third kappa shape index (κ3) is 3.30. The molecule has 1 unspecified atom stereocenters. The van der Waals surface area contributed by atoms with E-state index in [9.17, 15) is 24.8 Å². The second-order valence-electron chi connectivity index (χ2n) is 8.02. The van der Waals surface area contributed by atoms with E-state index >= 15 is 0 Å². The molecule has 0 N–H and O–H groups in total. The molecule has 8 heteroatoms. The van der Waals surface area contributed by atoms with Crippen LogP contribution in [0.3, 0.4) is 0 Å². The Kier molecular flexibility index (Phi) is 4.82. The van der Waals surface area contributed by atoms with Gasteiger partial charge in [-0.2, -0.15) is 0 Å². The van der Waals surface area contributed by atoms with Crippen LogP contribution in [0.2, 0.25) is 0 Å². The highest BCUT2D eigenvalue weighted by atomic mass is 16.6. The lowest BCUT2D eigenvalue weighted by Gasteiger charge is -2.38. The Morgan fingerprint density at radius 2 is 2.00 bits per heavy atom. The summed E-state index contributed by atoms with van der Waals surface area (Å²) in [6.45, 7) is 5.62. The van der Waals surface area contributed by atoms with E-state index in [0.29, 0.717) is 29.0 Å². The molecule has 1 aromatic rings. The van der Waals surface area contributed by atoms with Gasteiger partial charge in [0.05, 0.1) is 12.0 Å². The van der Waals surface area contributed by atoms with Gasteiger partial charge >= 0.3 is 5.97 Å². The molecule has 1 aromatic carbocycles. The number of carbonyl (C=O) groups excluding carboxylic acids is 2. The molecule has 1 aliphatic heterocycles. The zero-order chi connectivity index (χ0) is 20.8. The van der Waals surface area contributed by atoms with Gasteiger partial charge in [-0.15, -0.1) is 0 Å². The third-order valence-corrected chi connectivity index (χ3v) is 5.30. The maximum atomic E-state index is 13.0. The van der Waals surface area contributed by atoms with Gasteiger partial charge in [-0.1, -0.05) is 26.0 Å². The maximum Gasteiger partial charge on any atom is 0.315 e. The highest BCUT2D eigenvalue weighted by molar-refractivity contribution is 6.09. The predicted molar refractivity (Wildman–Crippen MR) is 98.9 cm³/mol. The van der Waals surface area contributed by atoms with Gasteiger partial charge < -0.3 is 9.84 Å². The maximum absolute atomic E-state index is 13.0. The third-order valence-electron chi connectivity index (χ3n) is 5.30. The van der Waals surface area contributed by atoms with Crippen LogP contribution >= 0.6 is 0 Å². The number of hydrogen-bond acceptors (Lipinski definition) is 7. The van der Waals surface area contributed by atoms with Gasteiger partial charge in [0, 0.05) is 35.4 Å². The molecular weight excluding hydrogens is 364 g/mol. The van der Waals surface area contributed by atoms with Crippen LogP contribution in [-0.4, -0.2) is 29.5 Å². The molecule has 148 valence electrons. The number of rotatable bonds is 3. The van der Waals surface area contributed by atoms with Crippen LogP contribution < -0.4 is 5.11 Å². The van der Waals surface area contributed by atoms with Crippen LogP contribution in [0, 0.1) is 21.4 Å². The summed E-state index contributed by atoms with van der Waals surface area (Å²) in [7, 11) is 1.24. The Hall–Kier alpha value is -3.03. The zero-order valence-corrected chi connectivity index (χ0v) is 16.1. The first-order valence-electron chi connectivity index (χ1n) is 8.90. The number of aliphatic imine (C=N–C) groups is 1. The molecule has 0 saturated carbocycles. The fourth-order valence-corrected chi connectivity index (χ4v) is 4.11. The highest BCUT2D eigenvalue weighted by Gasteiger charge is 2.46. The van der Waals surface area contributed by atoms with Gasteiger partial charge in [-0.3, -0.25) is 24.7 Å². The van der Waals surface area contributed by atoms with Gasteiger partial charge in [-0.25, -0.2) is 0 Å². The van der Waals surface area contributed by atoms with E-state index in [0.717, 1.165) is 12.1 Å². The number of benzene rings is 1. The van der Waals surface area contributed by atoms with Crippen molar-refractivity contribution in [2.24, 2.45) is 16.3 Å². The van der Waals surface area contributed by atoms with Crippen molar-refractivity contribution in [2.75, 3.05) is 7.11 Å². The number of ketones is 1. The summed E-state index contributed by atoms with van der Waals surface area (Å²) in [5.41, 5.74) is 0.956. The van der Waals surface area contributed by atoms with Gasteiger partial charge in [0.1, 0.15) is 5.92 Å². The number of hydrogen-bond donors (Lipinski definition) is 0. The lowest BCUT2D eigenvalue weighted by atomic mass is 9.67. The fraction of sp³-hybridized carbons (Fsp3) is 0.450. The van der Waals surface area contributed by atoms with E-state index in [1.54, 1.807) is 6.92 Å². The van der Waals surface area contributed by atoms with Crippen molar-refractivity contribution in [3.63, 3.8) is 0 Å². The molecule has 0 radical (unpaired) electrons. The topological polar surface area (TPSA) is 122 Å². The molecule has 1 aliphatic carbocycles. The number of methoxy groups -OCH3 is 1. The van der Waals surface area contributed by atoms with Crippen LogP contribution in [0.25, 0.3) is 0 Å². The van der Waals surface area contributed by atoms with Gasteiger partial charge in [-0.05, 0) is 30.1 Å². The number of allylic oxidation sites excluding steroid dienone is 2. The van der Waals surface area contributed by atoms with E-state index in [1.807, 2.05) is 13.8 Å². The fourth-order valence-electron chi connectivity index (χ4n) is 4.11. The minimum atomic E-state index is -0.883. The number of ether oxygens (including phenoxy) is 1. The Morgan fingerprint density at radius 3 is 2.61 bits per heavy atom. The second kappa shape index (κ2) is 6.85. The first-order valence-corrected chi connectivity index (χ1v) is 8.90. The molecule has 0 spiro atoms. The van der Waals surface area contributed by atoms with Crippen molar-refractivity contribution in [3.05, 3.63) is 45.1 Å². The summed E-state index contributed by atoms with van der Waals surface area (Å²) in [5.74, 6) is -3.11. The molecule has 1 heterocycles. The van der Waals surface area contributed by atoms with Crippen molar-refractivity contribution >= 4 is 23.2 Å². The van der Waals surface area contributed by atoms with E-state index in [1.165, 1.54) is 13.2 Å². The first-order chi connectivity index (χ1) is 13.1. The van der Waals surface area contributed by atoms with Gasteiger partial charge in [0.25, 0.3) is 5.69 Å². The molecule has 0 saturated heterocycles. The Bertz CT molecular complexity index is 944. The van der Waals surface area contributed by atoms with Crippen LogP contribution in [0.5, 0.6) is 5.75 Å². The van der Waals surface area contributed by atoms with Crippen LogP contribution in [0.1, 0.15) is 45.1 Å². The second-order valence-corrected chi connectivity index (χ2v) is 8.02. The predicted octanol–water partition coefficient (Wildman–Crippen LogP) is 2.66. The molecule has 0 aromatic heterocycles. The summed E-state index contributed by atoms with van der Waals surface area (Å²) < 4.78 is 4.92. The molecule has 2 aliphatic rings. The lowest BCUT2D eigenvalue weighted by molar-refractivity contribution is -0.398. The van der Waals surface area contributed by atoms with E-state index in [-0.39, 0.29) is 17.6 Å². The van der Waals surface area contributed by atoms with Gasteiger partial charge in [0.2, 0.25) is 0 Å². The Morgan fingerprint density at radius 1 is 1.32 bits per heavy atom. The average molecular weight is 385 g/mol. The number of carbonyl (C=O) groups is 2. The summed E-state index contributed by atoms with van der Waals surface area (Å²) in [5, 5.41) is 23.1. The smallest absolute Gasteiger partial charge is 0.315 e. The van der Waals surface area contributed by atoms with E-state index < -0.39 is 34.2 Å². The largest absolute Gasteiger partial charge is 0.868 e. The minimum Gasteiger partial charge on any atom is -0.868 e. The molecule has 8 nitrogen and oxygen atoms in total. The Balaban J connectivity index is 2.24.